The summed E-state index contributed by atoms with van der Waals surface area (Å²) in [4.78, 5) is 21.1. The van der Waals surface area contributed by atoms with E-state index in [1.54, 1.807) is 24.9 Å². The predicted octanol–water partition coefficient (Wildman–Crippen LogP) is 1.63. The van der Waals surface area contributed by atoms with Gasteiger partial charge in [-0.1, -0.05) is 19.6 Å². The molecule has 0 fully saturated rings. The smallest absolute Gasteiger partial charge is 0.332 e. The summed E-state index contributed by atoms with van der Waals surface area (Å²) in [5.41, 5.74) is 1.20. The molecule has 0 aliphatic carbocycles. The second-order valence-corrected chi connectivity index (χ2v) is 12.5. The van der Waals surface area contributed by atoms with Crippen LogP contribution in [0.3, 0.4) is 0 Å². The van der Waals surface area contributed by atoms with Gasteiger partial charge in [0, 0.05) is 35.3 Å². The molecule has 0 atom stereocenters. The first-order valence-electron chi connectivity index (χ1n) is 7.81. The van der Waals surface area contributed by atoms with Gasteiger partial charge in [-0.25, -0.2) is 14.8 Å². The van der Waals surface area contributed by atoms with E-state index in [4.69, 9.17) is 9.47 Å². The third-order valence-electron chi connectivity index (χ3n) is 3.67. The maximum absolute atomic E-state index is 12.4. The molecule has 0 aromatic carbocycles. The van der Waals surface area contributed by atoms with Crippen LogP contribution in [0.15, 0.2) is 11.0 Å². The van der Waals surface area contributed by atoms with Gasteiger partial charge in [0.25, 0.3) is 0 Å². The highest BCUT2D eigenvalue weighted by Crippen LogP contribution is 2.11. The van der Waals surface area contributed by atoms with Crippen LogP contribution in [0.1, 0.15) is 5.82 Å². The van der Waals surface area contributed by atoms with E-state index < -0.39 is 8.07 Å². The van der Waals surface area contributed by atoms with Gasteiger partial charge in [-0.2, -0.15) is 0 Å². The van der Waals surface area contributed by atoms with Crippen molar-refractivity contribution in [3.63, 3.8) is 0 Å². The van der Waals surface area contributed by atoms with Crippen molar-refractivity contribution in [2.75, 3.05) is 20.3 Å². The number of aryl methyl sites for hydroxylation is 1. The molecular weight excluding hydrogens is 312 g/mol. The fourth-order valence-electron chi connectivity index (χ4n) is 2.19. The minimum absolute atomic E-state index is 0.133. The lowest BCUT2D eigenvalue weighted by molar-refractivity contribution is 0.0872. The van der Waals surface area contributed by atoms with Crippen LogP contribution >= 0.6 is 0 Å². The van der Waals surface area contributed by atoms with Crippen LogP contribution in [0.4, 0.5) is 0 Å². The number of hydrogen-bond donors (Lipinski definition) is 0. The van der Waals surface area contributed by atoms with E-state index >= 15 is 0 Å². The normalized spacial score (nSPS) is 12.2. The molecule has 0 radical (unpaired) electrons. The van der Waals surface area contributed by atoms with Crippen molar-refractivity contribution in [2.45, 2.75) is 38.8 Å². The van der Waals surface area contributed by atoms with Crippen LogP contribution in [-0.2, 0) is 29.7 Å². The number of ether oxygens (including phenoxy) is 2. The lowest BCUT2D eigenvalue weighted by Crippen LogP contribution is -2.25. The molecule has 0 saturated carbocycles. The van der Waals surface area contributed by atoms with E-state index in [-0.39, 0.29) is 12.4 Å². The minimum Gasteiger partial charge on any atom is -0.384 e. The Hall–Kier alpha value is -1.51. The van der Waals surface area contributed by atoms with Crippen molar-refractivity contribution < 1.29 is 9.47 Å². The summed E-state index contributed by atoms with van der Waals surface area (Å²) in [7, 11) is 2.23. The second-order valence-electron chi connectivity index (χ2n) is 6.86. The Balaban J connectivity index is 2.17. The topological polar surface area (TPSA) is 71.2 Å². The standard InChI is InChI=1S/C15H26N4O3Si/c1-18-14-12(10-16-13(17-14)6-7-21-2)19(15(18)20)11-22-8-9-23(3,4)5/h10H,6-9,11H2,1-5H3. The fraction of sp³-hybridized carbons (Fsp3) is 0.667. The number of hydrogen-bond acceptors (Lipinski definition) is 5. The molecule has 2 aromatic rings. The Morgan fingerprint density at radius 1 is 1.26 bits per heavy atom. The summed E-state index contributed by atoms with van der Waals surface area (Å²) >= 11 is 0. The van der Waals surface area contributed by atoms with Crippen LogP contribution in [0, 0.1) is 0 Å². The Kier molecular flexibility index (Phi) is 5.72. The molecule has 7 nitrogen and oxygen atoms in total. The average Bonchev–Trinajstić information content (AvgIpc) is 2.73. The van der Waals surface area contributed by atoms with Crippen molar-refractivity contribution in [1.82, 2.24) is 19.1 Å². The van der Waals surface area contributed by atoms with Gasteiger partial charge in [-0.05, 0) is 6.04 Å². The molecule has 0 aliphatic rings. The third-order valence-corrected chi connectivity index (χ3v) is 5.38. The maximum Gasteiger partial charge on any atom is 0.332 e. The molecular formula is C15H26N4O3Si. The van der Waals surface area contributed by atoms with Crippen LogP contribution in [-0.4, -0.2) is 47.5 Å². The molecule has 2 aromatic heterocycles. The van der Waals surface area contributed by atoms with Gasteiger partial charge in [0.1, 0.15) is 18.1 Å². The summed E-state index contributed by atoms with van der Waals surface area (Å²) in [5, 5.41) is 0. The van der Waals surface area contributed by atoms with Crippen molar-refractivity contribution in [2.24, 2.45) is 7.05 Å². The lowest BCUT2D eigenvalue weighted by Gasteiger charge is -2.15. The van der Waals surface area contributed by atoms with Crippen LogP contribution in [0.5, 0.6) is 0 Å². The third kappa shape index (κ3) is 4.49. The minimum atomic E-state index is -1.13. The van der Waals surface area contributed by atoms with Gasteiger partial charge in [0.05, 0.1) is 12.8 Å². The van der Waals surface area contributed by atoms with Gasteiger partial charge in [0.15, 0.2) is 5.65 Å². The van der Waals surface area contributed by atoms with Gasteiger partial charge < -0.3 is 9.47 Å². The molecule has 0 saturated heterocycles. The number of aromatic nitrogens is 4. The zero-order chi connectivity index (χ0) is 17.0. The van der Waals surface area contributed by atoms with Crippen molar-refractivity contribution >= 4 is 19.2 Å². The highest BCUT2D eigenvalue weighted by molar-refractivity contribution is 6.76. The number of imidazole rings is 1. The maximum atomic E-state index is 12.4. The summed E-state index contributed by atoms with van der Waals surface area (Å²) in [5.74, 6) is 0.673. The molecule has 0 N–H and O–H groups in total. The summed E-state index contributed by atoms with van der Waals surface area (Å²) < 4.78 is 13.9. The zero-order valence-electron chi connectivity index (χ0n) is 14.6. The molecule has 23 heavy (non-hydrogen) atoms. The summed E-state index contributed by atoms with van der Waals surface area (Å²) in [6, 6.07) is 1.07. The molecule has 0 amide bonds. The van der Waals surface area contributed by atoms with Crippen LogP contribution in [0.25, 0.3) is 11.2 Å². The molecule has 0 aliphatic heterocycles. The Morgan fingerprint density at radius 2 is 2.00 bits per heavy atom. The van der Waals surface area contributed by atoms with E-state index in [0.29, 0.717) is 36.6 Å². The van der Waals surface area contributed by atoms with Gasteiger partial charge in [-0.15, -0.1) is 0 Å². The highest BCUT2D eigenvalue weighted by Gasteiger charge is 2.15. The quantitative estimate of drug-likeness (QED) is 0.540. The number of rotatable bonds is 8. The number of nitrogens with zero attached hydrogens (tertiary/aromatic N) is 4. The first-order chi connectivity index (χ1) is 10.8. The number of methoxy groups -OCH3 is 1. The Labute approximate surface area is 137 Å². The largest absolute Gasteiger partial charge is 0.384 e. The van der Waals surface area contributed by atoms with Gasteiger partial charge >= 0.3 is 5.69 Å². The molecule has 0 spiro atoms. The van der Waals surface area contributed by atoms with E-state index in [9.17, 15) is 4.79 Å². The molecule has 2 rings (SSSR count). The highest BCUT2D eigenvalue weighted by atomic mass is 28.3. The van der Waals surface area contributed by atoms with E-state index in [0.717, 1.165) is 6.04 Å². The number of fused-ring (bicyclic) bond motifs is 1. The summed E-state index contributed by atoms with van der Waals surface area (Å²) in [6.07, 6.45) is 2.31. The summed E-state index contributed by atoms with van der Waals surface area (Å²) in [6.45, 7) is 8.37. The first-order valence-corrected chi connectivity index (χ1v) is 11.5. The van der Waals surface area contributed by atoms with Gasteiger partial charge in [-0.3, -0.25) is 9.13 Å². The monoisotopic (exact) mass is 338 g/mol. The molecule has 8 heteroatoms. The zero-order valence-corrected chi connectivity index (χ0v) is 15.6. The van der Waals surface area contributed by atoms with Crippen LogP contribution < -0.4 is 5.69 Å². The Bertz CT molecular complexity index is 718. The predicted molar refractivity (Wildman–Crippen MR) is 92.5 cm³/mol. The lowest BCUT2D eigenvalue weighted by atomic mass is 10.4. The first kappa shape index (κ1) is 17.8. The SMILES string of the molecule is COCCc1ncc2c(n1)n(C)c(=O)n2COCC[Si](C)(C)C. The Morgan fingerprint density at radius 3 is 2.65 bits per heavy atom. The van der Waals surface area contributed by atoms with Gasteiger partial charge in [0.2, 0.25) is 0 Å². The van der Waals surface area contributed by atoms with Crippen LogP contribution in [0.2, 0.25) is 25.7 Å². The second kappa shape index (κ2) is 7.37. The molecule has 2 heterocycles. The van der Waals surface area contributed by atoms with E-state index in [2.05, 4.69) is 29.6 Å². The van der Waals surface area contributed by atoms with Crippen molar-refractivity contribution in [3.8, 4) is 0 Å². The molecule has 0 bridgehead atoms. The molecule has 0 unspecified atom stereocenters. The van der Waals surface area contributed by atoms with Crippen molar-refractivity contribution in [3.05, 3.63) is 22.5 Å². The fourth-order valence-corrected chi connectivity index (χ4v) is 2.94. The molecule has 128 valence electrons. The van der Waals surface area contributed by atoms with E-state index in [1.165, 1.54) is 4.57 Å². The van der Waals surface area contributed by atoms with E-state index in [1.807, 2.05) is 0 Å². The van der Waals surface area contributed by atoms with Crippen molar-refractivity contribution in [1.29, 1.82) is 0 Å². The average molecular weight is 338 g/mol.